The van der Waals surface area contributed by atoms with Gasteiger partial charge >= 0.3 is 0 Å². The van der Waals surface area contributed by atoms with Gasteiger partial charge in [-0.25, -0.2) is 9.97 Å². The fraction of sp³-hybridized carbons (Fsp3) is 0.577. The number of fused-ring (bicyclic) bond motifs is 1. The molecule has 200 valence electrons. The predicted molar refractivity (Wildman–Crippen MR) is 148 cm³/mol. The lowest BCUT2D eigenvalue weighted by Gasteiger charge is -2.43. The third-order valence-corrected chi connectivity index (χ3v) is 10.3. The number of aryl methyl sites for hydroxylation is 1. The van der Waals surface area contributed by atoms with Gasteiger partial charge in [0, 0.05) is 66.6 Å². The molecule has 1 unspecified atom stereocenters. The zero-order valence-electron chi connectivity index (χ0n) is 22.4. The molecule has 37 heavy (non-hydrogen) atoms. The smallest absolute Gasteiger partial charge is 0.268 e. The molecule has 0 radical (unpaired) electrons. The third-order valence-electron chi connectivity index (χ3n) is 7.66. The van der Waals surface area contributed by atoms with Gasteiger partial charge in [-0.1, -0.05) is 11.8 Å². The van der Waals surface area contributed by atoms with Crippen molar-refractivity contribution in [3.05, 3.63) is 41.1 Å². The van der Waals surface area contributed by atoms with Gasteiger partial charge in [-0.2, -0.15) is 0 Å². The number of hydrogen-bond acceptors (Lipinski definition) is 8. The molecule has 2 fully saturated rings. The summed E-state index contributed by atoms with van der Waals surface area (Å²) in [4.78, 5) is 26.2. The lowest BCUT2D eigenvalue weighted by Crippen LogP contribution is -2.57. The van der Waals surface area contributed by atoms with Gasteiger partial charge in [-0.3, -0.25) is 9.36 Å². The molecule has 11 heteroatoms. The summed E-state index contributed by atoms with van der Waals surface area (Å²) in [7, 11) is 3.75. The van der Waals surface area contributed by atoms with Crippen LogP contribution >= 0.6 is 11.8 Å². The van der Waals surface area contributed by atoms with Crippen molar-refractivity contribution in [3.63, 3.8) is 0 Å². The summed E-state index contributed by atoms with van der Waals surface area (Å²) in [5.41, 5.74) is 0.751. The van der Waals surface area contributed by atoms with Crippen molar-refractivity contribution >= 4 is 40.1 Å². The van der Waals surface area contributed by atoms with E-state index in [0.717, 1.165) is 41.9 Å². The Labute approximate surface area is 225 Å². The molecule has 0 bridgehead atoms. The van der Waals surface area contributed by atoms with Gasteiger partial charge in [0.15, 0.2) is 0 Å². The van der Waals surface area contributed by atoms with Crippen LogP contribution in [0.3, 0.4) is 0 Å². The van der Waals surface area contributed by atoms with Crippen molar-refractivity contribution in [3.8, 4) is 0 Å². The minimum Gasteiger partial charge on any atom is -0.598 e. The highest BCUT2D eigenvalue weighted by Crippen LogP contribution is 2.43. The summed E-state index contributed by atoms with van der Waals surface area (Å²) in [6.07, 6.45) is 7.20. The minimum atomic E-state index is -1.16. The molecule has 1 spiro atoms. The molecule has 3 aromatic rings. The second-order valence-corrected chi connectivity index (χ2v) is 14.3. The largest absolute Gasteiger partial charge is 0.598 e. The van der Waals surface area contributed by atoms with E-state index in [2.05, 4.69) is 21.5 Å². The lowest BCUT2D eigenvalue weighted by molar-refractivity contribution is 0.0972. The normalized spacial score (nSPS) is 22.7. The monoisotopic (exact) mass is 544 g/mol. The molecule has 0 saturated carbocycles. The molecule has 0 amide bonds. The Kier molecular flexibility index (Phi) is 7.12. The number of hydrogen-bond donors (Lipinski definition) is 1. The van der Waals surface area contributed by atoms with Gasteiger partial charge in [0.05, 0.1) is 29.8 Å². The fourth-order valence-electron chi connectivity index (χ4n) is 5.33. The van der Waals surface area contributed by atoms with Crippen LogP contribution in [0.4, 0.5) is 5.95 Å². The third kappa shape index (κ3) is 4.92. The molecule has 3 aromatic heterocycles. The van der Waals surface area contributed by atoms with Crippen molar-refractivity contribution in [2.24, 2.45) is 19.5 Å². The molecule has 9 nitrogen and oxygen atoms in total. The Morgan fingerprint density at radius 1 is 1.19 bits per heavy atom. The first-order valence-corrected chi connectivity index (χ1v) is 14.7. The highest BCUT2D eigenvalue weighted by Gasteiger charge is 2.52. The zero-order valence-corrected chi connectivity index (χ0v) is 24.0. The molecule has 1 N–H and O–H groups in total. The molecule has 0 aromatic carbocycles. The Morgan fingerprint density at radius 3 is 2.62 bits per heavy atom. The fourth-order valence-corrected chi connectivity index (χ4v) is 7.32. The molecule has 5 rings (SSSR count). The van der Waals surface area contributed by atoms with Crippen LogP contribution in [-0.2, 0) is 30.2 Å². The maximum Gasteiger partial charge on any atom is 0.268 e. The Balaban J connectivity index is 1.32. The Bertz CT molecular complexity index is 1340. The number of nitrogens with one attached hydrogen (secondary N) is 1. The first kappa shape index (κ1) is 26.6. The highest BCUT2D eigenvalue weighted by atomic mass is 32.2. The summed E-state index contributed by atoms with van der Waals surface area (Å²) >= 11 is 0.265. The van der Waals surface area contributed by atoms with Gasteiger partial charge in [0.2, 0.25) is 5.95 Å². The summed E-state index contributed by atoms with van der Waals surface area (Å²) in [5.74, 6) is 0.679. The summed E-state index contributed by atoms with van der Waals surface area (Å²) < 4.78 is 25.6. The van der Waals surface area contributed by atoms with Gasteiger partial charge < -0.3 is 18.8 Å². The number of anilines is 1. The van der Waals surface area contributed by atoms with E-state index < -0.39 is 11.4 Å². The van der Waals surface area contributed by atoms with Gasteiger partial charge in [0.1, 0.15) is 10.4 Å². The van der Waals surface area contributed by atoms with Crippen LogP contribution in [0.1, 0.15) is 40.5 Å². The number of nitrogens with zero attached hydrogens (tertiary/aromatic N) is 5. The Morgan fingerprint density at radius 2 is 1.92 bits per heavy atom. The summed E-state index contributed by atoms with van der Waals surface area (Å²) in [5, 5.41) is 1.02. The van der Waals surface area contributed by atoms with E-state index in [1.165, 1.54) is 11.8 Å². The molecule has 5 heterocycles. The average Bonchev–Trinajstić information content (AvgIpc) is 3.38. The molecule has 3 atom stereocenters. The first-order valence-electron chi connectivity index (χ1n) is 12.7. The van der Waals surface area contributed by atoms with Crippen LogP contribution in [0.25, 0.3) is 11.0 Å². The second kappa shape index (κ2) is 9.92. The minimum absolute atomic E-state index is 0.000839. The topological polar surface area (TPSA) is 100 Å². The van der Waals surface area contributed by atoms with E-state index in [4.69, 9.17) is 9.72 Å². The number of pyridine rings is 1. The van der Waals surface area contributed by atoms with E-state index in [9.17, 15) is 9.35 Å². The predicted octanol–water partition coefficient (Wildman–Crippen LogP) is 3.24. The van der Waals surface area contributed by atoms with E-state index in [-0.39, 0.29) is 27.9 Å². The number of aromatic nitrogens is 4. The zero-order chi connectivity index (χ0) is 26.5. The van der Waals surface area contributed by atoms with Crippen molar-refractivity contribution in [2.75, 3.05) is 24.6 Å². The maximum atomic E-state index is 13.3. The van der Waals surface area contributed by atoms with Crippen molar-refractivity contribution in [1.29, 1.82) is 0 Å². The number of rotatable bonds is 5. The van der Waals surface area contributed by atoms with Crippen molar-refractivity contribution in [2.45, 2.75) is 67.2 Å². The number of piperidine rings is 1. The van der Waals surface area contributed by atoms with E-state index in [1.807, 2.05) is 50.7 Å². The van der Waals surface area contributed by atoms with Gasteiger partial charge in [-0.05, 0) is 52.7 Å². The van der Waals surface area contributed by atoms with Crippen molar-refractivity contribution < 1.29 is 9.29 Å². The van der Waals surface area contributed by atoms with Crippen molar-refractivity contribution in [1.82, 2.24) is 23.8 Å². The summed E-state index contributed by atoms with van der Waals surface area (Å²) in [6.45, 7) is 10.2. The molecular weight excluding hydrogens is 508 g/mol. The standard InChI is InChI=1S/C26H36N6O3S2/c1-17-21(29-37(34)25(2,3)4)26(16-35-17)9-13-32(14-10-26)24-28-15-20(23(33)31(24)6)36-19-7-11-27-22-18(19)8-12-30(22)5/h7-8,11-12,15,17,21,29H,9-10,13-14,16H2,1-6H3/t17-,21+,37?/m0/s1. The maximum absolute atomic E-state index is 13.3. The highest BCUT2D eigenvalue weighted by molar-refractivity contribution is 7.99. The van der Waals surface area contributed by atoms with Crippen LogP contribution in [0, 0.1) is 5.41 Å². The number of ether oxygens (including phenoxy) is 1. The molecule has 0 aliphatic carbocycles. The van der Waals surface area contributed by atoms with Crippen LogP contribution in [0.15, 0.2) is 45.3 Å². The van der Waals surface area contributed by atoms with E-state index in [1.54, 1.807) is 24.0 Å². The van der Waals surface area contributed by atoms with Crippen LogP contribution < -0.4 is 15.2 Å². The SMILES string of the molecule is C[C@@H]1OCC2(CCN(c3ncc(Sc4ccnc5c4ccn5C)c(=O)n3C)CC2)[C@@H]1N[S+]([O-])C(C)(C)C. The lowest BCUT2D eigenvalue weighted by atomic mass is 9.73. The van der Waals surface area contributed by atoms with E-state index >= 15 is 0 Å². The van der Waals surface area contributed by atoms with E-state index in [0.29, 0.717) is 17.5 Å². The summed E-state index contributed by atoms with van der Waals surface area (Å²) in [6, 6.07) is 3.99. The van der Waals surface area contributed by atoms with Crippen LogP contribution in [0.5, 0.6) is 0 Å². The molecule has 2 saturated heterocycles. The first-order chi connectivity index (χ1) is 17.5. The van der Waals surface area contributed by atoms with Gasteiger partial charge in [0.25, 0.3) is 5.56 Å². The molecule has 2 aliphatic heterocycles. The van der Waals surface area contributed by atoms with Crippen LogP contribution in [0.2, 0.25) is 0 Å². The molecular formula is C26H36N6O3S2. The Hall–Kier alpha value is -2.05. The average molecular weight is 545 g/mol. The molecule has 2 aliphatic rings. The quantitative estimate of drug-likeness (QED) is 0.489. The second-order valence-electron chi connectivity index (χ2n) is 11.2. The van der Waals surface area contributed by atoms with Crippen LogP contribution in [-0.4, -0.2) is 60.2 Å². The van der Waals surface area contributed by atoms with Gasteiger partial charge in [-0.15, -0.1) is 4.72 Å².